The minimum Gasteiger partial charge on any atom is -0.419 e. The maximum absolute atomic E-state index is 5.94. The quantitative estimate of drug-likeness (QED) is 0.722. The highest BCUT2D eigenvalue weighted by Crippen LogP contribution is 2.30. The molecule has 2 atom stereocenters. The number of likely N-dealkylation sites (tertiary alicyclic amines) is 1. The predicted molar refractivity (Wildman–Crippen MR) is 90.1 cm³/mol. The van der Waals surface area contributed by atoms with Crippen molar-refractivity contribution in [1.82, 2.24) is 24.9 Å². The van der Waals surface area contributed by atoms with Gasteiger partial charge in [0.1, 0.15) is 0 Å². The first-order valence-corrected chi connectivity index (χ1v) is 8.43. The number of nitrogens with zero attached hydrogens (tertiary/aromatic N) is 5. The van der Waals surface area contributed by atoms with Gasteiger partial charge in [0, 0.05) is 24.0 Å². The van der Waals surface area contributed by atoms with Crippen LogP contribution < -0.4 is 0 Å². The van der Waals surface area contributed by atoms with Crippen LogP contribution in [-0.4, -0.2) is 37.5 Å². The lowest BCUT2D eigenvalue weighted by molar-refractivity contribution is 0.152. The fourth-order valence-corrected chi connectivity index (χ4v) is 3.43. The first-order chi connectivity index (χ1) is 11.8. The summed E-state index contributed by atoms with van der Waals surface area (Å²) in [7, 11) is 0. The maximum Gasteiger partial charge on any atom is 0.247 e. The third kappa shape index (κ3) is 2.97. The molecule has 1 aliphatic heterocycles. The van der Waals surface area contributed by atoms with Crippen molar-refractivity contribution in [2.45, 2.75) is 38.4 Å². The van der Waals surface area contributed by atoms with Crippen molar-refractivity contribution >= 4 is 0 Å². The predicted octanol–water partition coefficient (Wildman–Crippen LogP) is 3.16. The average molecular weight is 323 g/mol. The van der Waals surface area contributed by atoms with Crippen molar-refractivity contribution < 1.29 is 4.42 Å². The molecule has 0 bridgehead atoms. The summed E-state index contributed by atoms with van der Waals surface area (Å²) in [6, 6.07) is 12.4. The molecule has 1 aliphatic rings. The van der Waals surface area contributed by atoms with Gasteiger partial charge in [-0.25, -0.2) is 0 Å². The van der Waals surface area contributed by atoms with Gasteiger partial charge in [-0.2, -0.15) is 5.10 Å². The fraction of sp³-hybridized carbons (Fsp3) is 0.389. The van der Waals surface area contributed by atoms with Gasteiger partial charge in [-0.1, -0.05) is 18.2 Å². The summed E-state index contributed by atoms with van der Waals surface area (Å²) in [6.45, 7) is 4.09. The van der Waals surface area contributed by atoms with Crippen LogP contribution in [0.15, 0.2) is 53.2 Å². The lowest BCUT2D eigenvalue weighted by atomic mass is 10.2. The van der Waals surface area contributed by atoms with Crippen LogP contribution in [0.1, 0.15) is 31.7 Å². The molecule has 3 heterocycles. The summed E-state index contributed by atoms with van der Waals surface area (Å²) in [5, 5.41) is 12.8. The lowest BCUT2D eigenvalue weighted by Gasteiger charge is -2.28. The molecular formula is C18H21N5O. The Morgan fingerprint density at radius 3 is 2.88 bits per heavy atom. The molecular weight excluding hydrogens is 302 g/mol. The fourth-order valence-electron chi connectivity index (χ4n) is 3.43. The van der Waals surface area contributed by atoms with E-state index in [1.807, 2.05) is 53.5 Å². The normalized spacial score (nSPS) is 19.6. The summed E-state index contributed by atoms with van der Waals surface area (Å²) in [5.41, 5.74) is 0.956. The van der Waals surface area contributed by atoms with Crippen molar-refractivity contribution in [3.8, 4) is 11.5 Å². The number of hydrogen-bond donors (Lipinski definition) is 0. The Balaban J connectivity index is 1.50. The highest BCUT2D eigenvalue weighted by Gasteiger charge is 2.32. The number of hydrogen-bond acceptors (Lipinski definition) is 5. The van der Waals surface area contributed by atoms with E-state index in [0.29, 0.717) is 17.8 Å². The summed E-state index contributed by atoms with van der Waals surface area (Å²) < 4.78 is 7.94. The standard InChI is InChI=1S/C18H21N5O/c1-14(17-20-21-18(24-17)15-7-3-2-4-8-15)23-12-5-9-16(23)13-22-11-6-10-19-22/h2-4,6-8,10-11,14,16H,5,9,12-13H2,1H3/t14-,16-/m0/s1. The van der Waals surface area contributed by atoms with Crippen LogP contribution in [0.2, 0.25) is 0 Å². The van der Waals surface area contributed by atoms with Crippen LogP contribution in [0.3, 0.4) is 0 Å². The molecule has 6 nitrogen and oxygen atoms in total. The van der Waals surface area contributed by atoms with E-state index in [1.54, 1.807) is 0 Å². The topological polar surface area (TPSA) is 60.0 Å². The van der Waals surface area contributed by atoms with Gasteiger partial charge in [-0.15, -0.1) is 10.2 Å². The molecule has 0 saturated carbocycles. The van der Waals surface area contributed by atoms with Crippen molar-refractivity contribution in [3.05, 3.63) is 54.7 Å². The molecule has 0 N–H and O–H groups in total. The molecule has 0 aliphatic carbocycles. The molecule has 24 heavy (non-hydrogen) atoms. The Morgan fingerprint density at radius 2 is 2.08 bits per heavy atom. The monoisotopic (exact) mass is 323 g/mol. The van der Waals surface area contributed by atoms with Gasteiger partial charge < -0.3 is 4.42 Å². The highest BCUT2D eigenvalue weighted by atomic mass is 16.4. The van der Waals surface area contributed by atoms with Gasteiger partial charge in [-0.05, 0) is 44.5 Å². The second-order valence-corrected chi connectivity index (χ2v) is 6.25. The Hall–Kier alpha value is -2.47. The van der Waals surface area contributed by atoms with E-state index < -0.39 is 0 Å². The van der Waals surface area contributed by atoms with Crippen LogP contribution in [0.5, 0.6) is 0 Å². The highest BCUT2D eigenvalue weighted by molar-refractivity contribution is 5.51. The van der Waals surface area contributed by atoms with Gasteiger partial charge >= 0.3 is 0 Å². The number of aromatic nitrogens is 4. The van der Waals surface area contributed by atoms with Crippen LogP contribution in [-0.2, 0) is 6.54 Å². The summed E-state index contributed by atoms with van der Waals surface area (Å²) >= 11 is 0. The van der Waals surface area contributed by atoms with Gasteiger partial charge in [0.05, 0.1) is 12.6 Å². The van der Waals surface area contributed by atoms with E-state index in [-0.39, 0.29) is 6.04 Å². The van der Waals surface area contributed by atoms with E-state index in [9.17, 15) is 0 Å². The molecule has 124 valence electrons. The van der Waals surface area contributed by atoms with E-state index >= 15 is 0 Å². The second kappa shape index (κ2) is 6.57. The SMILES string of the molecule is C[C@@H](c1nnc(-c2ccccc2)o1)N1CCC[C@H]1Cn1cccn1. The van der Waals surface area contributed by atoms with Gasteiger partial charge in [0.25, 0.3) is 0 Å². The van der Waals surface area contributed by atoms with E-state index in [4.69, 9.17) is 4.42 Å². The first-order valence-electron chi connectivity index (χ1n) is 8.43. The maximum atomic E-state index is 5.94. The molecule has 1 saturated heterocycles. The van der Waals surface area contributed by atoms with Crippen LogP contribution >= 0.6 is 0 Å². The van der Waals surface area contributed by atoms with Crippen molar-refractivity contribution in [2.24, 2.45) is 0 Å². The first kappa shape index (κ1) is 15.1. The molecule has 0 spiro atoms. The Labute approximate surface area is 141 Å². The van der Waals surface area contributed by atoms with E-state index in [1.165, 1.54) is 12.8 Å². The molecule has 0 radical (unpaired) electrons. The molecule has 2 aromatic heterocycles. The van der Waals surface area contributed by atoms with Crippen LogP contribution in [0.4, 0.5) is 0 Å². The summed E-state index contributed by atoms with van der Waals surface area (Å²) in [4.78, 5) is 2.45. The summed E-state index contributed by atoms with van der Waals surface area (Å²) in [5.74, 6) is 1.27. The van der Waals surface area contributed by atoms with Crippen molar-refractivity contribution in [2.75, 3.05) is 6.54 Å². The third-order valence-corrected chi connectivity index (χ3v) is 4.70. The summed E-state index contributed by atoms with van der Waals surface area (Å²) in [6.07, 6.45) is 6.20. The molecule has 6 heteroatoms. The molecule has 3 aromatic rings. The Kier molecular flexibility index (Phi) is 4.13. The molecule has 4 rings (SSSR count). The minimum atomic E-state index is 0.109. The largest absolute Gasteiger partial charge is 0.419 e. The van der Waals surface area contributed by atoms with E-state index in [2.05, 4.69) is 27.1 Å². The zero-order valence-electron chi connectivity index (χ0n) is 13.7. The molecule has 0 amide bonds. The third-order valence-electron chi connectivity index (χ3n) is 4.70. The second-order valence-electron chi connectivity index (χ2n) is 6.25. The van der Waals surface area contributed by atoms with Crippen LogP contribution in [0.25, 0.3) is 11.5 Å². The molecule has 1 fully saturated rings. The van der Waals surface area contributed by atoms with Crippen LogP contribution in [0, 0.1) is 0 Å². The zero-order valence-corrected chi connectivity index (χ0v) is 13.7. The minimum absolute atomic E-state index is 0.109. The van der Waals surface area contributed by atoms with Crippen molar-refractivity contribution in [1.29, 1.82) is 0 Å². The smallest absolute Gasteiger partial charge is 0.247 e. The average Bonchev–Trinajstić information content (AvgIpc) is 3.37. The Morgan fingerprint density at radius 1 is 1.21 bits per heavy atom. The number of rotatable bonds is 5. The Bertz CT molecular complexity index is 768. The van der Waals surface area contributed by atoms with Gasteiger partial charge in [-0.3, -0.25) is 9.58 Å². The van der Waals surface area contributed by atoms with Crippen molar-refractivity contribution in [3.63, 3.8) is 0 Å². The lowest BCUT2D eigenvalue weighted by Crippen LogP contribution is -2.35. The zero-order chi connectivity index (χ0) is 16.4. The molecule has 0 unspecified atom stereocenters. The van der Waals surface area contributed by atoms with Gasteiger partial charge in [0.15, 0.2) is 0 Å². The van der Waals surface area contributed by atoms with Gasteiger partial charge in [0.2, 0.25) is 11.8 Å². The number of benzene rings is 1. The molecule has 1 aromatic carbocycles. The van der Waals surface area contributed by atoms with E-state index in [0.717, 1.165) is 18.7 Å².